The van der Waals surface area contributed by atoms with Crippen LogP contribution in [0.1, 0.15) is 29.0 Å². The molecule has 7 nitrogen and oxygen atoms in total. The molecule has 1 aliphatic heterocycles. The van der Waals surface area contributed by atoms with Crippen molar-refractivity contribution in [3.05, 3.63) is 23.7 Å². The number of nitrogens with zero attached hydrogens (tertiary/aromatic N) is 3. The number of piperidine rings is 1. The number of hydrogen-bond acceptors (Lipinski definition) is 5. The maximum absolute atomic E-state index is 12.6. The van der Waals surface area contributed by atoms with Crippen molar-refractivity contribution in [2.75, 3.05) is 27.2 Å². The highest BCUT2D eigenvalue weighted by atomic mass is 16.3. The molecule has 1 aromatic heterocycles. The SMILES string of the molecule is Cc1ccoc1C(=O)[C@H](C#N)C(=O)C1CCN(C(=O)N(C)C)CC1. The highest BCUT2D eigenvalue weighted by Gasteiger charge is 2.37. The van der Waals surface area contributed by atoms with E-state index >= 15 is 0 Å². The van der Waals surface area contributed by atoms with Crippen molar-refractivity contribution in [2.45, 2.75) is 19.8 Å². The van der Waals surface area contributed by atoms with Crippen molar-refractivity contribution < 1.29 is 18.8 Å². The molecule has 1 aromatic rings. The third-order valence-electron chi connectivity index (χ3n) is 4.31. The van der Waals surface area contributed by atoms with Gasteiger partial charge in [-0.15, -0.1) is 0 Å². The Labute approximate surface area is 140 Å². The molecule has 0 saturated carbocycles. The molecule has 2 heterocycles. The topological polar surface area (TPSA) is 94.6 Å². The Morgan fingerprint density at radius 1 is 1.33 bits per heavy atom. The summed E-state index contributed by atoms with van der Waals surface area (Å²) in [7, 11) is 3.35. The monoisotopic (exact) mass is 331 g/mol. The highest BCUT2D eigenvalue weighted by Crippen LogP contribution is 2.24. The van der Waals surface area contributed by atoms with Gasteiger partial charge in [0.2, 0.25) is 5.78 Å². The fraction of sp³-hybridized carbons (Fsp3) is 0.529. The first-order valence-corrected chi connectivity index (χ1v) is 7.84. The summed E-state index contributed by atoms with van der Waals surface area (Å²) in [5.74, 6) is -2.64. The Kier molecular flexibility index (Phi) is 5.39. The van der Waals surface area contributed by atoms with Crippen LogP contribution in [0.4, 0.5) is 4.79 Å². The molecule has 1 fully saturated rings. The van der Waals surface area contributed by atoms with E-state index < -0.39 is 11.7 Å². The zero-order valence-electron chi connectivity index (χ0n) is 14.1. The Balaban J connectivity index is 2.03. The predicted octanol–water partition coefficient (Wildman–Crippen LogP) is 1.87. The van der Waals surface area contributed by atoms with E-state index in [0.717, 1.165) is 0 Å². The number of nitriles is 1. The van der Waals surface area contributed by atoms with E-state index in [4.69, 9.17) is 4.42 Å². The van der Waals surface area contributed by atoms with Crippen LogP contribution >= 0.6 is 0 Å². The number of ketones is 2. The van der Waals surface area contributed by atoms with Gasteiger partial charge in [-0.25, -0.2) is 4.79 Å². The minimum atomic E-state index is -1.35. The summed E-state index contributed by atoms with van der Waals surface area (Å²) in [6.45, 7) is 2.58. The molecule has 0 spiro atoms. The second-order valence-corrected chi connectivity index (χ2v) is 6.20. The average molecular weight is 331 g/mol. The van der Waals surface area contributed by atoms with Crippen LogP contribution in [0.15, 0.2) is 16.7 Å². The molecule has 0 N–H and O–H groups in total. The zero-order valence-corrected chi connectivity index (χ0v) is 14.1. The van der Waals surface area contributed by atoms with Crippen molar-refractivity contribution in [3.63, 3.8) is 0 Å². The Bertz CT molecular complexity index is 678. The quantitative estimate of drug-likeness (QED) is 0.620. The minimum Gasteiger partial charge on any atom is -0.461 e. The van der Waals surface area contributed by atoms with Crippen LogP contribution in [-0.2, 0) is 4.79 Å². The molecule has 0 aromatic carbocycles. The van der Waals surface area contributed by atoms with Gasteiger partial charge in [0.05, 0.1) is 12.3 Å². The van der Waals surface area contributed by atoms with E-state index in [-0.39, 0.29) is 23.5 Å². The van der Waals surface area contributed by atoms with Gasteiger partial charge in [-0.3, -0.25) is 9.59 Å². The first-order chi connectivity index (χ1) is 11.4. The second-order valence-electron chi connectivity index (χ2n) is 6.20. The molecule has 0 aliphatic carbocycles. The zero-order chi connectivity index (χ0) is 17.9. The number of Topliss-reactive ketones (excluding diaryl/α,β-unsaturated/α-hetero) is 2. The lowest BCUT2D eigenvalue weighted by atomic mass is 9.83. The fourth-order valence-electron chi connectivity index (χ4n) is 2.88. The largest absolute Gasteiger partial charge is 0.461 e. The maximum atomic E-state index is 12.6. The van der Waals surface area contributed by atoms with Crippen LogP contribution in [0.5, 0.6) is 0 Å². The summed E-state index contributed by atoms with van der Waals surface area (Å²) in [4.78, 5) is 40.1. The molecule has 128 valence electrons. The van der Waals surface area contributed by atoms with Gasteiger partial charge in [-0.2, -0.15) is 5.26 Å². The van der Waals surface area contributed by atoms with Crippen LogP contribution in [0.3, 0.4) is 0 Å². The van der Waals surface area contributed by atoms with Crippen LogP contribution in [0, 0.1) is 30.1 Å². The molecular weight excluding hydrogens is 310 g/mol. The Morgan fingerprint density at radius 2 is 1.96 bits per heavy atom. The van der Waals surface area contributed by atoms with Crippen LogP contribution < -0.4 is 0 Å². The van der Waals surface area contributed by atoms with E-state index in [9.17, 15) is 19.6 Å². The predicted molar refractivity (Wildman–Crippen MR) is 85.3 cm³/mol. The van der Waals surface area contributed by atoms with Crippen molar-refractivity contribution in [2.24, 2.45) is 11.8 Å². The number of furan rings is 1. The molecule has 7 heteroatoms. The summed E-state index contributed by atoms with van der Waals surface area (Å²) < 4.78 is 5.11. The third kappa shape index (κ3) is 3.48. The molecule has 0 radical (unpaired) electrons. The third-order valence-corrected chi connectivity index (χ3v) is 4.31. The van der Waals surface area contributed by atoms with E-state index in [1.807, 2.05) is 6.07 Å². The lowest BCUT2D eigenvalue weighted by Crippen LogP contribution is -2.45. The van der Waals surface area contributed by atoms with Gasteiger partial charge in [-0.05, 0) is 31.4 Å². The van der Waals surface area contributed by atoms with Gasteiger partial charge in [0, 0.05) is 33.1 Å². The van der Waals surface area contributed by atoms with E-state index in [1.165, 1.54) is 11.2 Å². The van der Waals surface area contributed by atoms with Crippen LogP contribution in [-0.4, -0.2) is 54.6 Å². The first-order valence-electron chi connectivity index (χ1n) is 7.84. The number of carbonyl (C=O) groups is 3. The molecule has 2 rings (SSSR count). The van der Waals surface area contributed by atoms with Gasteiger partial charge < -0.3 is 14.2 Å². The number of rotatable bonds is 4. The van der Waals surface area contributed by atoms with Gasteiger partial charge in [0.1, 0.15) is 0 Å². The highest BCUT2D eigenvalue weighted by molar-refractivity contribution is 6.12. The molecular formula is C17H21N3O4. The molecule has 1 atom stereocenters. The van der Waals surface area contributed by atoms with E-state index in [2.05, 4.69) is 0 Å². The molecule has 2 amide bonds. The molecule has 0 bridgehead atoms. The van der Waals surface area contributed by atoms with Crippen LogP contribution in [0.25, 0.3) is 0 Å². The maximum Gasteiger partial charge on any atom is 0.319 e. The summed E-state index contributed by atoms with van der Waals surface area (Å²) >= 11 is 0. The lowest BCUT2D eigenvalue weighted by molar-refractivity contribution is -0.125. The molecule has 24 heavy (non-hydrogen) atoms. The van der Waals surface area contributed by atoms with Crippen molar-refractivity contribution >= 4 is 17.6 Å². The van der Waals surface area contributed by atoms with Crippen molar-refractivity contribution in [1.82, 2.24) is 9.80 Å². The fourth-order valence-corrected chi connectivity index (χ4v) is 2.88. The molecule has 0 unspecified atom stereocenters. The van der Waals surface area contributed by atoms with Gasteiger partial charge in [-0.1, -0.05) is 0 Å². The summed E-state index contributed by atoms with van der Waals surface area (Å²) in [6.07, 6.45) is 2.29. The number of hydrogen-bond donors (Lipinski definition) is 0. The number of urea groups is 1. The minimum absolute atomic E-state index is 0.0649. The Morgan fingerprint density at radius 3 is 2.42 bits per heavy atom. The van der Waals surface area contributed by atoms with Gasteiger partial charge in [0.25, 0.3) is 0 Å². The number of likely N-dealkylation sites (tertiary alicyclic amines) is 1. The van der Waals surface area contributed by atoms with Gasteiger partial charge >= 0.3 is 6.03 Å². The summed E-state index contributed by atoms with van der Waals surface area (Å²) in [5.41, 5.74) is 0.611. The number of carbonyl (C=O) groups excluding carboxylic acids is 3. The summed E-state index contributed by atoms with van der Waals surface area (Å²) in [5, 5.41) is 9.30. The first kappa shape index (κ1) is 17.7. The Hall–Kier alpha value is -2.62. The van der Waals surface area contributed by atoms with E-state index in [0.29, 0.717) is 31.5 Å². The smallest absolute Gasteiger partial charge is 0.319 e. The normalized spacial score (nSPS) is 16.3. The summed E-state index contributed by atoms with van der Waals surface area (Å²) in [6, 6.07) is 3.34. The number of aryl methyl sites for hydroxylation is 1. The molecule has 1 saturated heterocycles. The number of amides is 2. The lowest BCUT2D eigenvalue weighted by Gasteiger charge is -2.33. The average Bonchev–Trinajstić information content (AvgIpc) is 3.00. The second kappa shape index (κ2) is 7.30. The van der Waals surface area contributed by atoms with Crippen molar-refractivity contribution in [3.8, 4) is 6.07 Å². The van der Waals surface area contributed by atoms with Crippen molar-refractivity contribution in [1.29, 1.82) is 5.26 Å². The van der Waals surface area contributed by atoms with Gasteiger partial charge in [0.15, 0.2) is 17.5 Å². The van der Waals surface area contributed by atoms with E-state index in [1.54, 1.807) is 32.0 Å². The standard InChI is InChI=1S/C17H21N3O4/c1-11-6-9-24-16(11)15(22)13(10-18)14(21)12-4-7-20(8-5-12)17(23)19(2)3/h6,9,12-13H,4-5,7-8H2,1-3H3/t13-/m1/s1. The van der Waals surface area contributed by atoms with Crippen LogP contribution in [0.2, 0.25) is 0 Å². The molecule has 1 aliphatic rings.